The molecule has 1 fully saturated rings. The van der Waals surface area contributed by atoms with Crippen LogP contribution in [0.25, 0.3) is 0 Å². The topological polar surface area (TPSA) is 46.5 Å². The van der Waals surface area contributed by atoms with Crippen LogP contribution in [0.2, 0.25) is 0 Å². The summed E-state index contributed by atoms with van der Waals surface area (Å²) in [5, 5.41) is 9.75. The van der Waals surface area contributed by atoms with Crippen LogP contribution >= 0.6 is 0 Å². The lowest BCUT2D eigenvalue weighted by molar-refractivity contribution is -0.293. The summed E-state index contributed by atoms with van der Waals surface area (Å²) in [6.07, 6.45) is 0. The minimum absolute atomic E-state index is 0.630. The van der Waals surface area contributed by atoms with E-state index in [1.165, 1.54) is 0 Å². The molecule has 21 heavy (non-hydrogen) atoms. The standard InChI is InChI=1S/C18H18O3/c1-17(2)15(16(19)20)18(21-17,13-9-5-3-6-10-13)14-11-7-4-8-12-14/h3-12,15H,1-2H3,(H,19,20). The second-order valence-electron chi connectivity index (χ2n) is 5.94. The number of ether oxygens (including phenoxy) is 1. The van der Waals surface area contributed by atoms with Crippen molar-refractivity contribution < 1.29 is 14.6 Å². The molecule has 0 bridgehead atoms. The predicted octanol–water partition coefficient (Wildman–Crippen LogP) is 3.44. The van der Waals surface area contributed by atoms with E-state index in [1.807, 2.05) is 74.5 Å². The monoisotopic (exact) mass is 282 g/mol. The van der Waals surface area contributed by atoms with Crippen LogP contribution in [0.4, 0.5) is 0 Å². The van der Waals surface area contributed by atoms with Crippen molar-refractivity contribution in [3.05, 3.63) is 71.8 Å². The molecule has 0 spiro atoms. The fourth-order valence-electron chi connectivity index (χ4n) is 3.42. The quantitative estimate of drug-likeness (QED) is 0.938. The maximum Gasteiger partial charge on any atom is 0.313 e. The lowest BCUT2D eigenvalue weighted by Gasteiger charge is -2.58. The summed E-state index contributed by atoms with van der Waals surface area (Å²) < 4.78 is 6.18. The van der Waals surface area contributed by atoms with Gasteiger partial charge in [0.25, 0.3) is 0 Å². The molecule has 1 unspecified atom stereocenters. The van der Waals surface area contributed by atoms with E-state index in [0.29, 0.717) is 0 Å². The van der Waals surface area contributed by atoms with Gasteiger partial charge in [-0.15, -0.1) is 0 Å². The zero-order valence-electron chi connectivity index (χ0n) is 12.1. The van der Waals surface area contributed by atoms with Crippen LogP contribution in [0.1, 0.15) is 25.0 Å². The molecule has 3 nitrogen and oxygen atoms in total. The summed E-state index contributed by atoms with van der Waals surface area (Å²) in [6, 6.07) is 19.2. The van der Waals surface area contributed by atoms with Gasteiger partial charge in [0.1, 0.15) is 11.5 Å². The third-order valence-corrected chi connectivity index (χ3v) is 4.18. The van der Waals surface area contributed by atoms with Gasteiger partial charge in [-0.3, -0.25) is 4.79 Å². The molecule has 1 aliphatic heterocycles. The van der Waals surface area contributed by atoms with E-state index in [4.69, 9.17) is 4.74 Å². The molecular formula is C18H18O3. The first-order valence-electron chi connectivity index (χ1n) is 7.02. The lowest BCUT2D eigenvalue weighted by atomic mass is 9.63. The molecule has 1 N–H and O–H groups in total. The fourth-order valence-corrected chi connectivity index (χ4v) is 3.42. The van der Waals surface area contributed by atoms with Gasteiger partial charge in [-0.25, -0.2) is 0 Å². The largest absolute Gasteiger partial charge is 0.481 e. The van der Waals surface area contributed by atoms with E-state index in [0.717, 1.165) is 11.1 Å². The number of carbonyl (C=O) groups is 1. The van der Waals surface area contributed by atoms with Crippen LogP contribution < -0.4 is 0 Å². The third-order valence-electron chi connectivity index (χ3n) is 4.18. The molecule has 1 atom stereocenters. The Hall–Kier alpha value is -2.13. The van der Waals surface area contributed by atoms with E-state index in [9.17, 15) is 9.90 Å². The molecule has 108 valence electrons. The molecule has 3 heteroatoms. The SMILES string of the molecule is CC1(C)OC(c2ccccc2)(c2ccccc2)C1C(=O)O. The van der Waals surface area contributed by atoms with Crippen molar-refractivity contribution >= 4 is 5.97 Å². The maximum absolute atomic E-state index is 11.9. The average molecular weight is 282 g/mol. The Bertz CT molecular complexity index is 607. The second kappa shape index (κ2) is 4.71. The normalized spacial score (nSPS) is 22.3. The van der Waals surface area contributed by atoms with Crippen molar-refractivity contribution in [3.63, 3.8) is 0 Å². The molecule has 0 radical (unpaired) electrons. The van der Waals surface area contributed by atoms with Gasteiger partial charge >= 0.3 is 5.97 Å². The molecule has 0 saturated carbocycles. The van der Waals surface area contributed by atoms with Gasteiger partial charge in [-0.2, -0.15) is 0 Å². The van der Waals surface area contributed by atoms with Crippen molar-refractivity contribution in [1.82, 2.24) is 0 Å². The summed E-state index contributed by atoms with van der Waals surface area (Å²) in [4.78, 5) is 11.9. The number of rotatable bonds is 3. The number of carboxylic acid groups (broad SMARTS) is 1. The average Bonchev–Trinajstić information content (AvgIpc) is 2.46. The van der Waals surface area contributed by atoms with Crippen LogP contribution in [-0.4, -0.2) is 16.7 Å². The first-order chi connectivity index (χ1) is 9.98. The molecule has 1 saturated heterocycles. The van der Waals surface area contributed by atoms with Crippen LogP contribution in [0.15, 0.2) is 60.7 Å². The molecule has 0 aliphatic carbocycles. The Kier molecular flexibility index (Phi) is 3.10. The van der Waals surface area contributed by atoms with Gasteiger partial charge in [0.05, 0.1) is 5.60 Å². The summed E-state index contributed by atoms with van der Waals surface area (Å²) in [5.74, 6) is -1.46. The zero-order chi connectivity index (χ0) is 15.1. The highest BCUT2D eigenvalue weighted by atomic mass is 16.6. The Morgan fingerprint density at radius 1 is 0.952 bits per heavy atom. The fraction of sp³-hybridized carbons (Fsp3) is 0.278. The van der Waals surface area contributed by atoms with Crippen LogP contribution in [0.3, 0.4) is 0 Å². The molecule has 0 aromatic heterocycles. The molecular weight excluding hydrogens is 264 g/mol. The van der Waals surface area contributed by atoms with Gasteiger partial charge < -0.3 is 9.84 Å². The van der Waals surface area contributed by atoms with Crippen LogP contribution in [-0.2, 0) is 15.1 Å². The predicted molar refractivity (Wildman–Crippen MR) is 80.0 cm³/mol. The van der Waals surface area contributed by atoms with E-state index in [2.05, 4.69) is 0 Å². The molecule has 1 heterocycles. The second-order valence-corrected chi connectivity index (χ2v) is 5.94. The van der Waals surface area contributed by atoms with Crippen molar-refractivity contribution in [1.29, 1.82) is 0 Å². The first-order valence-corrected chi connectivity index (χ1v) is 7.02. The van der Waals surface area contributed by atoms with E-state index >= 15 is 0 Å². The minimum Gasteiger partial charge on any atom is -0.481 e. The summed E-state index contributed by atoms with van der Waals surface area (Å²) in [7, 11) is 0. The molecule has 2 aromatic carbocycles. The number of hydrogen-bond donors (Lipinski definition) is 1. The van der Waals surface area contributed by atoms with Gasteiger partial charge in [-0.1, -0.05) is 60.7 Å². The van der Waals surface area contributed by atoms with Crippen molar-refractivity contribution in [2.24, 2.45) is 5.92 Å². The van der Waals surface area contributed by atoms with E-state index in [-0.39, 0.29) is 0 Å². The number of carboxylic acids is 1. The van der Waals surface area contributed by atoms with E-state index < -0.39 is 23.1 Å². The number of benzene rings is 2. The highest BCUT2D eigenvalue weighted by Crippen LogP contribution is 2.57. The molecule has 3 rings (SSSR count). The van der Waals surface area contributed by atoms with Gasteiger partial charge in [0.15, 0.2) is 0 Å². The van der Waals surface area contributed by atoms with Crippen LogP contribution in [0.5, 0.6) is 0 Å². The van der Waals surface area contributed by atoms with Crippen molar-refractivity contribution in [2.75, 3.05) is 0 Å². The molecule has 0 amide bonds. The highest BCUT2D eigenvalue weighted by molar-refractivity contribution is 5.76. The lowest BCUT2D eigenvalue weighted by Crippen LogP contribution is -2.67. The van der Waals surface area contributed by atoms with Gasteiger partial charge in [0, 0.05) is 0 Å². The van der Waals surface area contributed by atoms with Crippen LogP contribution in [0, 0.1) is 5.92 Å². The summed E-state index contributed by atoms with van der Waals surface area (Å²) in [5.41, 5.74) is 0.140. The molecule has 1 aliphatic rings. The number of aliphatic carboxylic acids is 1. The van der Waals surface area contributed by atoms with Gasteiger partial charge in [0.2, 0.25) is 0 Å². The zero-order valence-corrected chi connectivity index (χ0v) is 12.1. The smallest absolute Gasteiger partial charge is 0.313 e. The summed E-state index contributed by atoms with van der Waals surface area (Å²) >= 11 is 0. The Morgan fingerprint density at radius 2 is 1.38 bits per heavy atom. The summed E-state index contributed by atoms with van der Waals surface area (Å²) in [6.45, 7) is 3.66. The number of hydrogen-bond acceptors (Lipinski definition) is 2. The Labute approximate surface area is 124 Å². The highest BCUT2D eigenvalue weighted by Gasteiger charge is 2.65. The molecule has 2 aromatic rings. The Morgan fingerprint density at radius 3 is 1.71 bits per heavy atom. The van der Waals surface area contributed by atoms with Crippen molar-refractivity contribution in [2.45, 2.75) is 25.0 Å². The minimum atomic E-state index is -0.919. The third kappa shape index (κ3) is 1.96. The van der Waals surface area contributed by atoms with Crippen molar-refractivity contribution in [3.8, 4) is 0 Å². The Balaban J connectivity index is 2.21. The maximum atomic E-state index is 11.9. The first kappa shape index (κ1) is 13.8. The van der Waals surface area contributed by atoms with Gasteiger partial charge in [-0.05, 0) is 25.0 Å². The van der Waals surface area contributed by atoms with E-state index in [1.54, 1.807) is 0 Å².